The van der Waals surface area contributed by atoms with E-state index < -0.39 is 5.41 Å². The van der Waals surface area contributed by atoms with Gasteiger partial charge in [-0.1, -0.05) is 133 Å². The number of anilines is 3. The third kappa shape index (κ3) is 5.03. The predicted molar refractivity (Wildman–Crippen MR) is 218 cm³/mol. The number of aromatic hydroxyl groups is 1. The Morgan fingerprint density at radius 1 is 0.547 bits per heavy atom. The zero-order valence-corrected chi connectivity index (χ0v) is 31.1. The molecule has 2 aliphatic carbocycles. The van der Waals surface area contributed by atoms with Crippen molar-refractivity contribution in [2.24, 2.45) is 0 Å². The van der Waals surface area contributed by atoms with E-state index in [1.54, 1.807) is 6.07 Å². The average molecular weight is 690 g/mol. The van der Waals surface area contributed by atoms with Crippen LogP contribution >= 0.6 is 0 Å². The SMILES string of the molecule is CC(C)(C)c1ccc2c(c1)C1(c3cc(C(C)(C)C)ccc3-2)c2ccc(N(c3ccccc3)c3cccc(-c4ccccn4)c3)nc2-c2c(O)cccc21. The fourth-order valence-corrected chi connectivity index (χ4v) is 8.48. The quantitative estimate of drug-likeness (QED) is 0.200. The van der Waals surface area contributed by atoms with E-state index in [9.17, 15) is 5.11 Å². The number of para-hydroxylation sites is 1. The number of phenolic OH excluding ortho intramolecular Hbond substituents is 1. The van der Waals surface area contributed by atoms with Crippen LogP contribution in [0.15, 0.2) is 146 Å². The van der Waals surface area contributed by atoms with Gasteiger partial charge in [-0.3, -0.25) is 9.88 Å². The molecule has 260 valence electrons. The molecule has 2 heterocycles. The first-order valence-electron chi connectivity index (χ1n) is 18.5. The Kier molecular flexibility index (Phi) is 7.29. The zero-order chi connectivity index (χ0) is 36.7. The van der Waals surface area contributed by atoms with Gasteiger partial charge in [0.25, 0.3) is 0 Å². The molecule has 2 aliphatic rings. The fourth-order valence-electron chi connectivity index (χ4n) is 8.48. The summed E-state index contributed by atoms with van der Waals surface area (Å²) in [5, 5.41) is 11.9. The summed E-state index contributed by atoms with van der Waals surface area (Å²) in [5.74, 6) is 1.01. The molecule has 0 radical (unpaired) electrons. The molecule has 7 aromatic rings. The molecular formula is C49H43N3O. The number of rotatable bonds is 4. The van der Waals surface area contributed by atoms with Gasteiger partial charge in [0.2, 0.25) is 0 Å². The van der Waals surface area contributed by atoms with Gasteiger partial charge in [0.15, 0.2) is 0 Å². The van der Waals surface area contributed by atoms with Crippen LogP contribution in [-0.2, 0) is 16.2 Å². The molecule has 0 unspecified atom stereocenters. The van der Waals surface area contributed by atoms with Crippen LogP contribution in [0.3, 0.4) is 0 Å². The second-order valence-electron chi connectivity index (χ2n) is 16.5. The van der Waals surface area contributed by atoms with Gasteiger partial charge in [0.1, 0.15) is 11.6 Å². The fraction of sp³-hybridized carbons (Fsp3) is 0.184. The summed E-state index contributed by atoms with van der Waals surface area (Å²) in [6, 6.07) is 49.3. The molecule has 0 amide bonds. The average Bonchev–Trinajstić information content (AvgIpc) is 3.62. The number of nitrogens with zero attached hydrogens (tertiary/aromatic N) is 3. The molecule has 0 bridgehead atoms. The normalized spacial score (nSPS) is 13.7. The highest BCUT2D eigenvalue weighted by molar-refractivity contribution is 5.96. The number of hydrogen-bond donors (Lipinski definition) is 1. The molecule has 0 fully saturated rings. The van der Waals surface area contributed by atoms with Crippen LogP contribution in [0.2, 0.25) is 0 Å². The van der Waals surface area contributed by atoms with Gasteiger partial charge in [0, 0.05) is 28.7 Å². The summed E-state index contributed by atoms with van der Waals surface area (Å²) in [6.45, 7) is 13.7. The van der Waals surface area contributed by atoms with Gasteiger partial charge in [-0.2, -0.15) is 0 Å². The first-order valence-corrected chi connectivity index (χ1v) is 18.5. The minimum atomic E-state index is -0.654. The van der Waals surface area contributed by atoms with Crippen molar-refractivity contribution in [3.05, 3.63) is 179 Å². The molecule has 5 aromatic carbocycles. The highest BCUT2D eigenvalue weighted by Gasteiger charge is 2.53. The number of fused-ring (bicyclic) bond motifs is 10. The number of pyridine rings is 2. The van der Waals surface area contributed by atoms with E-state index in [0.717, 1.165) is 50.8 Å². The number of phenols is 1. The van der Waals surface area contributed by atoms with E-state index in [2.05, 4.69) is 155 Å². The van der Waals surface area contributed by atoms with Crippen molar-refractivity contribution in [3.8, 4) is 39.4 Å². The van der Waals surface area contributed by atoms with Crippen molar-refractivity contribution in [3.63, 3.8) is 0 Å². The molecule has 0 saturated heterocycles. The first kappa shape index (κ1) is 32.9. The highest BCUT2D eigenvalue weighted by Crippen LogP contribution is 2.64. The van der Waals surface area contributed by atoms with Gasteiger partial charge in [-0.05, 0) is 104 Å². The predicted octanol–water partition coefficient (Wildman–Crippen LogP) is 12.3. The van der Waals surface area contributed by atoms with E-state index in [1.807, 2.05) is 36.5 Å². The molecular weight excluding hydrogens is 647 g/mol. The Labute approximate surface area is 312 Å². The second-order valence-corrected chi connectivity index (χ2v) is 16.5. The number of hydrogen-bond acceptors (Lipinski definition) is 4. The van der Waals surface area contributed by atoms with Crippen LogP contribution in [-0.4, -0.2) is 15.1 Å². The molecule has 0 atom stereocenters. The molecule has 4 heteroatoms. The summed E-state index contributed by atoms with van der Waals surface area (Å²) in [5.41, 5.74) is 14.4. The molecule has 2 aromatic heterocycles. The summed E-state index contributed by atoms with van der Waals surface area (Å²) >= 11 is 0. The van der Waals surface area contributed by atoms with Gasteiger partial charge >= 0.3 is 0 Å². The van der Waals surface area contributed by atoms with Crippen molar-refractivity contribution in [2.75, 3.05) is 4.90 Å². The van der Waals surface area contributed by atoms with Crippen molar-refractivity contribution in [1.82, 2.24) is 9.97 Å². The van der Waals surface area contributed by atoms with Crippen LogP contribution in [0.1, 0.15) is 74.9 Å². The minimum absolute atomic E-state index is 0.0489. The first-order chi connectivity index (χ1) is 25.5. The minimum Gasteiger partial charge on any atom is -0.507 e. The van der Waals surface area contributed by atoms with Crippen LogP contribution < -0.4 is 4.90 Å². The van der Waals surface area contributed by atoms with Gasteiger partial charge in [0.05, 0.1) is 16.8 Å². The molecule has 0 saturated carbocycles. The Morgan fingerprint density at radius 3 is 1.83 bits per heavy atom. The lowest BCUT2D eigenvalue weighted by Crippen LogP contribution is -2.27. The Balaban J connectivity index is 1.33. The van der Waals surface area contributed by atoms with E-state index in [-0.39, 0.29) is 16.6 Å². The smallest absolute Gasteiger partial charge is 0.138 e. The number of benzene rings is 5. The Morgan fingerprint density at radius 2 is 1.19 bits per heavy atom. The maximum Gasteiger partial charge on any atom is 0.138 e. The van der Waals surface area contributed by atoms with Crippen molar-refractivity contribution < 1.29 is 5.11 Å². The van der Waals surface area contributed by atoms with Crippen LogP contribution in [0, 0.1) is 0 Å². The third-order valence-corrected chi connectivity index (χ3v) is 11.1. The maximum absolute atomic E-state index is 11.9. The van der Waals surface area contributed by atoms with E-state index in [0.29, 0.717) is 0 Å². The molecule has 0 aliphatic heterocycles. The van der Waals surface area contributed by atoms with Gasteiger partial charge in [-0.25, -0.2) is 4.98 Å². The van der Waals surface area contributed by atoms with Crippen LogP contribution in [0.25, 0.3) is 33.6 Å². The van der Waals surface area contributed by atoms with Gasteiger partial charge < -0.3 is 5.11 Å². The standard InChI is InChI=1S/C49H43N3O/c1-47(2,3)32-21-23-36-37-24-22-33(48(4,5)6)30-41(37)49(40(36)29-32)38-18-13-20-43(53)45(38)46-39(49)25-26-44(51-46)52(34-15-8-7-9-16-34)35-17-12-14-31(28-35)42-19-10-11-27-50-42/h7-30,53H,1-6H3. The van der Waals surface area contributed by atoms with Crippen molar-refractivity contribution in [2.45, 2.75) is 57.8 Å². The van der Waals surface area contributed by atoms with Crippen LogP contribution in [0.4, 0.5) is 17.2 Å². The summed E-state index contributed by atoms with van der Waals surface area (Å²) in [6.07, 6.45) is 1.83. The Bertz CT molecular complexity index is 2480. The van der Waals surface area contributed by atoms with Gasteiger partial charge in [-0.15, -0.1) is 0 Å². The second kappa shape index (κ2) is 11.8. The Hall–Kier alpha value is -6.00. The molecule has 1 N–H and O–H groups in total. The lowest BCUT2D eigenvalue weighted by atomic mass is 9.69. The molecule has 4 nitrogen and oxygen atoms in total. The maximum atomic E-state index is 11.9. The van der Waals surface area contributed by atoms with Crippen LogP contribution in [0.5, 0.6) is 5.75 Å². The zero-order valence-electron chi connectivity index (χ0n) is 31.1. The monoisotopic (exact) mass is 689 g/mol. The summed E-state index contributed by atoms with van der Waals surface area (Å²) in [7, 11) is 0. The van der Waals surface area contributed by atoms with E-state index in [4.69, 9.17) is 4.98 Å². The largest absolute Gasteiger partial charge is 0.507 e. The molecule has 9 rings (SSSR count). The highest BCUT2D eigenvalue weighted by atomic mass is 16.3. The summed E-state index contributed by atoms with van der Waals surface area (Å²) in [4.78, 5) is 12.4. The molecule has 53 heavy (non-hydrogen) atoms. The van der Waals surface area contributed by atoms with Crippen molar-refractivity contribution >= 4 is 17.2 Å². The lowest BCUT2D eigenvalue weighted by molar-refractivity contribution is 0.476. The van der Waals surface area contributed by atoms with E-state index in [1.165, 1.54) is 33.4 Å². The van der Waals surface area contributed by atoms with E-state index >= 15 is 0 Å². The molecule has 1 spiro atoms. The van der Waals surface area contributed by atoms with Crippen molar-refractivity contribution in [1.29, 1.82) is 0 Å². The lowest BCUT2D eigenvalue weighted by Gasteiger charge is -2.33. The summed E-state index contributed by atoms with van der Waals surface area (Å²) < 4.78 is 0. The number of aromatic nitrogens is 2. The topological polar surface area (TPSA) is 49.2 Å². The third-order valence-electron chi connectivity index (χ3n) is 11.1.